The number of nitrogens with zero attached hydrogens (tertiary/aromatic N) is 1. The van der Waals surface area contributed by atoms with Gasteiger partial charge in [-0.2, -0.15) is 0 Å². The second-order valence-electron chi connectivity index (χ2n) is 4.28. The lowest BCUT2D eigenvalue weighted by Gasteiger charge is -2.23. The summed E-state index contributed by atoms with van der Waals surface area (Å²) in [5.74, 6) is 0.740. The highest BCUT2D eigenvalue weighted by molar-refractivity contribution is 5.95. The lowest BCUT2D eigenvalue weighted by molar-refractivity contribution is -0.121. The number of anilines is 1. The molecular weight excluding hydrogens is 228 g/mol. The van der Waals surface area contributed by atoms with E-state index in [9.17, 15) is 4.79 Å². The van der Waals surface area contributed by atoms with Crippen LogP contribution in [0.3, 0.4) is 0 Å². The Morgan fingerprint density at radius 3 is 2.72 bits per heavy atom. The van der Waals surface area contributed by atoms with Crippen LogP contribution < -0.4 is 15.0 Å². The molecule has 1 rings (SSSR count). The third-order valence-corrected chi connectivity index (χ3v) is 2.90. The summed E-state index contributed by atoms with van der Waals surface area (Å²) in [5.41, 5.74) is 0.799. The summed E-state index contributed by atoms with van der Waals surface area (Å²) < 4.78 is 5.27. The van der Waals surface area contributed by atoms with Crippen LogP contribution in [0.5, 0.6) is 5.75 Å². The van der Waals surface area contributed by atoms with Crippen molar-refractivity contribution in [1.29, 1.82) is 0 Å². The van der Waals surface area contributed by atoms with E-state index < -0.39 is 0 Å². The van der Waals surface area contributed by atoms with Gasteiger partial charge in [0.05, 0.1) is 12.8 Å². The summed E-state index contributed by atoms with van der Waals surface area (Å²) in [4.78, 5) is 13.9. The predicted octanol–water partition coefficient (Wildman–Crippen LogP) is 1.90. The minimum atomic E-state index is -0.0557. The molecule has 1 amide bonds. The molecule has 0 radical (unpaired) electrons. The van der Waals surface area contributed by atoms with Crippen molar-refractivity contribution in [3.63, 3.8) is 0 Å². The third-order valence-electron chi connectivity index (χ3n) is 2.90. The van der Waals surface area contributed by atoms with Gasteiger partial charge in [-0.25, -0.2) is 0 Å². The van der Waals surface area contributed by atoms with Gasteiger partial charge in [-0.05, 0) is 18.7 Å². The molecule has 18 heavy (non-hydrogen) atoms. The first-order valence-electron chi connectivity index (χ1n) is 6.23. The Balaban J connectivity index is 2.79. The molecule has 1 atom stereocenters. The van der Waals surface area contributed by atoms with Gasteiger partial charge in [0.1, 0.15) is 5.75 Å². The van der Waals surface area contributed by atoms with E-state index >= 15 is 0 Å². The van der Waals surface area contributed by atoms with E-state index in [1.807, 2.05) is 38.1 Å². The van der Waals surface area contributed by atoms with Gasteiger partial charge in [0, 0.05) is 19.5 Å². The highest BCUT2D eigenvalue weighted by Gasteiger charge is 2.20. The monoisotopic (exact) mass is 250 g/mol. The number of hydrogen-bond donors (Lipinski definition) is 1. The molecule has 0 spiro atoms. The van der Waals surface area contributed by atoms with Crippen molar-refractivity contribution < 1.29 is 9.53 Å². The number of ether oxygens (including phenoxy) is 1. The van der Waals surface area contributed by atoms with Crippen LogP contribution in [0.1, 0.15) is 13.8 Å². The maximum Gasteiger partial charge on any atom is 0.230 e. The van der Waals surface area contributed by atoms with E-state index in [4.69, 9.17) is 4.74 Å². The SMILES string of the molecule is CCNCC(C)C(=O)N(C)c1ccccc1OC. The van der Waals surface area contributed by atoms with Crippen molar-refractivity contribution in [2.75, 3.05) is 32.1 Å². The van der Waals surface area contributed by atoms with Crippen LogP contribution in [0.25, 0.3) is 0 Å². The van der Waals surface area contributed by atoms with Crippen LogP contribution in [0.2, 0.25) is 0 Å². The molecule has 4 heteroatoms. The lowest BCUT2D eigenvalue weighted by atomic mass is 10.1. The summed E-state index contributed by atoms with van der Waals surface area (Å²) in [5, 5.41) is 3.19. The number of benzene rings is 1. The fraction of sp³-hybridized carbons (Fsp3) is 0.500. The molecule has 0 saturated carbocycles. The van der Waals surface area contributed by atoms with E-state index in [2.05, 4.69) is 5.32 Å². The summed E-state index contributed by atoms with van der Waals surface area (Å²) >= 11 is 0. The third kappa shape index (κ3) is 3.47. The largest absolute Gasteiger partial charge is 0.495 e. The van der Waals surface area contributed by atoms with Crippen LogP contribution >= 0.6 is 0 Å². The summed E-state index contributed by atoms with van der Waals surface area (Å²) in [7, 11) is 3.39. The normalized spacial score (nSPS) is 12.0. The van der Waals surface area contributed by atoms with Crippen LogP contribution in [0, 0.1) is 5.92 Å². The van der Waals surface area contributed by atoms with Crippen LogP contribution in [0.15, 0.2) is 24.3 Å². The molecule has 0 saturated heterocycles. The molecule has 1 N–H and O–H groups in total. The topological polar surface area (TPSA) is 41.6 Å². The Morgan fingerprint density at radius 1 is 1.44 bits per heavy atom. The highest BCUT2D eigenvalue weighted by Crippen LogP contribution is 2.27. The molecule has 1 aromatic carbocycles. The van der Waals surface area contributed by atoms with Crippen molar-refractivity contribution >= 4 is 11.6 Å². The van der Waals surface area contributed by atoms with Crippen LogP contribution in [-0.4, -0.2) is 33.2 Å². The minimum Gasteiger partial charge on any atom is -0.495 e. The molecule has 1 aromatic rings. The molecule has 0 aliphatic rings. The van der Waals surface area contributed by atoms with Crippen LogP contribution in [0.4, 0.5) is 5.69 Å². The smallest absolute Gasteiger partial charge is 0.230 e. The van der Waals surface area contributed by atoms with Crippen LogP contribution in [-0.2, 0) is 4.79 Å². The molecule has 100 valence electrons. The zero-order chi connectivity index (χ0) is 13.5. The van der Waals surface area contributed by atoms with E-state index in [1.165, 1.54) is 0 Å². The number of methoxy groups -OCH3 is 1. The second kappa shape index (κ2) is 7.01. The molecule has 0 heterocycles. The van der Waals surface area contributed by atoms with E-state index in [0.29, 0.717) is 12.3 Å². The number of hydrogen-bond acceptors (Lipinski definition) is 3. The van der Waals surface area contributed by atoms with E-state index in [1.54, 1.807) is 19.1 Å². The summed E-state index contributed by atoms with van der Waals surface area (Å²) in [6.07, 6.45) is 0. The van der Waals surface area contributed by atoms with Gasteiger partial charge >= 0.3 is 0 Å². The predicted molar refractivity (Wildman–Crippen MR) is 74.1 cm³/mol. The molecule has 0 fully saturated rings. The van der Waals surface area contributed by atoms with Gasteiger partial charge in [0.2, 0.25) is 5.91 Å². The van der Waals surface area contributed by atoms with Gasteiger partial charge in [0.15, 0.2) is 0 Å². The fourth-order valence-electron chi connectivity index (χ4n) is 1.80. The summed E-state index contributed by atoms with van der Waals surface area (Å²) in [6, 6.07) is 7.53. The summed E-state index contributed by atoms with van der Waals surface area (Å²) in [6.45, 7) is 5.52. The van der Waals surface area contributed by atoms with Crippen molar-refractivity contribution in [1.82, 2.24) is 5.32 Å². The zero-order valence-electron chi connectivity index (χ0n) is 11.6. The Hall–Kier alpha value is -1.55. The average Bonchev–Trinajstić information content (AvgIpc) is 2.42. The lowest BCUT2D eigenvalue weighted by Crippen LogP contribution is -2.36. The number of amides is 1. The van der Waals surface area contributed by atoms with E-state index in [0.717, 1.165) is 12.2 Å². The average molecular weight is 250 g/mol. The highest BCUT2D eigenvalue weighted by atomic mass is 16.5. The molecular formula is C14H22N2O2. The van der Waals surface area contributed by atoms with Gasteiger partial charge in [-0.1, -0.05) is 26.0 Å². The van der Waals surface area contributed by atoms with Crippen molar-refractivity contribution in [2.45, 2.75) is 13.8 Å². The minimum absolute atomic E-state index is 0.0557. The molecule has 0 aliphatic carbocycles. The van der Waals surface area contributed by atoms with Gasteiger partial charge in [-0.3, -0.25) is 4.79 Å². The Kier molecular flexibility index (Phi) is 5.65. The number of rotatable bonds is 6. The Morgan fingerprint density at radius 2 is 2.11 bits per heavy atom. The Labute approximate surface area is 109 Å². The van der Waals surface area contributed by atoms with Crippen molar-refractivity contribution in [3.05, 3.63) is 24.3 Å². The number of carbonyl (C=O) groups excluding carboxylic acids is 1. The molecule has 0 aliphatic heterocycles. The molecule has 0 bridgehead atoms. The number of nitrogens with one attached hydrogen (secondary N) is 1. The number of carbonyl (C=O) groups is 1. The number of para-hydroxylation sites is 2. The van der Waals surface area contributed by atoms with Crippen molar-refractivity contribution in [2.24, 2.45) is 5.92 Å². The van der Waals surface area contributed by atoms with Crippen molar-refractivity contribution in [3.8, 4) is 5.75 Å². The van der Waals surface area contributed by atoms with Gasteiger partial charge in [-0.15, -0.1) is 0 Å². The molecule has 0 aromatic heterocycles. The quantitative estimate of drug-likeness (QED) is 0.838. The molecule has 4 nitrogen and oxygen atoms in total. The van der Waals surface area contributed by atoms with Gasteiger partial charge in [0.25, 0.3) is 0 Å². The Bertz CT molecular complexity index is 393. The standard InChI is InChI=1S/C14H22N2O2/c1-5-15-10-11(2)14(17)16(3)12-8-6-7-9-13(12)18-4/h6-9,11,15H,5,10H2,1-4H3. The van der Waals surface area contributed by atoms with E-state index in [-0.39, 0.29) is 11.8 Å². The molecule has 1 unspecified atom stereocenters. The first-order chi connectivity index (χ1) is 8.61. The van der Waals surface area contributed by atoms with Gasteiger partial charge < -0.3 is 15.0 Å². The fourth-order valence-corrected chi connectivity index (χ4v) is 1.80. The zero-order valence-corrected chi connectivity index (χ0v) is 11.6. The first-order valence-corrected chi connectivity index (χ1v) is 6.23. The first kappa shape index (κ1) is 14.5. The maximum absolute atomic E-state index is 12.2. The maximum atomic E-state index is 12.2. The second-order valence-corrected chi connectivity index (χ2v) is 4.28.